The second-order valence-electron chi connectivity index (χ2n) is 2.57. The number of rotatable bonds is 4. The van der Waals surface area contributed by atoms with Crippen LogP contribution in [0.3, 0.4) is 0 Å². The maximum absolute atomic E-state index is 10.3. The van der Waals surface area contributed by atoms with Gasteiger partial charge in [-0.1, -0.05) is 0 Å². The third kappa shape index (κ3) is 3.40. The van der Waals surface area contributed by atoms with Crippen LogP contribution in [0.2, 0.25) is 0 Å². The Hall–Kier alpha value is 0.130. The number of carbonyl (C=O) groups is 1. The Labute approximate surface area is 97.2 Å². The lowest BCUT2D eigenvalue weighted by atomic mass is 10.2. The minimum Gasteiger partial charge on any atom is -0.481 e. The summed E-state index contributed by atoms with van der Waals surface area (Å²) in [6, 6.07) is 0. The van der Waals surface area contributed by atoms with Gasteiger partial charge in [-0.2, -0.15) is 0 Å². The molecule has 0 aliphatic rings. The molecule has 13 heavy (non-hydrogen) atoms. The van der Waals surface area contributed by atoms with Crippen LogP contribution in [0.1, 0.15) is 17.7 Å². The minimum atomic E-state index is -0.730. The van der Waals surface area contributed by atoms with Crippen molar-refractivity contribution in [2.24, 2.45) is 0 Å². The summed E-state index contributed by atoms with van der Waals surface area (Å²) in [5, 5.41) is 10.4. The number of carboxylic acid groups (broad SMARTS) is 1. The molecule has 0 saturated heterocycles. The molecule has 2 nitrogen and oxygen atoms in total. The molecule has 1 heterocycles. The van der Waals surface area contributed by atoms with Crippen LogP contribution in [-0.2, 0) is 11.2 Å². The average molecular weight is 328 g/mol. The molecule has 72 valence electrons. The second-order valence-corrected chi connectivity index (χ2v) is 5.18. The Morgan fingerprint density at radius 1 is 1.54 bits per heavy atom. The fourth-order valence-corrected chi connectivity index (χ4v) is 3.16. The highest BCUT2D eigenvalue weighted by molar-refractivity contribution is 9.13. The van der Waals surface area contributed by atoms with E-state index in [0.29, 0.717) is 6.42 Å². The van der Waals surface area contributed by atoms with Gasteiger partial charge in [0.05, 0.1) is 0 Å². The third-order valence-electron chi connectivity index (χ3n) is 1.55. The van der Waals surface area contributed by atoms with Gasteiger partial charge >= 0.3 is 5.97 Å². The summed E-state index contributed by atoms with van der Waals surface area (Å²) in [6.45, 7) is 0. The van der Waals surface area contributed by atoms with Gasteiger partial charge < -0.3 is 5.11 Å². The molecule has 0 spiro atoms. The van der Waals surface area contributed by atoms with Crippen molar-refractivity contribution in [2.75, 3.05) is 0 Å². The molecule has 0 aliphatic carbocycles. The van der Waals surface area contributed by atoms with Crippen LogP contribution in [-0.4, -0.2) is 11.1 Å². The van der Waals surface area contributed by atoms with Crippen LogP contribution < -0.4 is 0 Å². The van der Waals surface area contributed by atoms with Gasteiger partial charge in [0.1, 0.15) is 0 Å². The quantitative estimate of drug-likeness (QED) is 0.916. The first-order valence-electron chi connectivity index (χ1n) is 3.74. The summed E-state index contributed by atoms with van der Waals surface area (Å²) in [7, 11) is 0. The molecule has 0 bridgehead atoms. The van der Waals surface area contributed by atoms with Gasteiger partial charge in [0.25, 0.3) is 0 Å². The van der Waals surface area contributed by atoms with Crippen molar-refractivity contribution < 1.29 is 9.90 Å². The van der Waals surface area contributed by atoms with E-state index >= 15 is 0 Å². The van der Waals surface area contributed by atoms with Gasteiger partial charge in [-0.05, 0) is 44.7 Å². The molecule has 0 aromatic carbocycles. The molecule has 0 unspecified atom stereocenters. The van der Waals surface area contributed by atoms with Crippen molar-refractivity contribution in [1.82, 2.24) is 0 Å². The molecular weight excluding hydrogens is 320 g/mol. The van der Waals surface area contributed by atoms with E-state index in [2.05, 4.69) is 31.9 Å². The Morgan fingerprint density at radius 3 is 2.69 bits per heavy atom. The molecule has 0 aliphatic heterocycles. The minimum absolute atomic E-state index is 0.238. The summed E-state index contributed by atoms with van der Waals surface area (Å²) in [4.78, 5) is 11.5. The standard InChI is InChI=1S/C8H8Br2O2S/c9-5-4-13-6(8(5)10)2-1-3-7(11)12/h4H,1-3H2,(H,11,12). The fraction of sp³-hybridized carbons (Fsp3) is 0.375. The van der Waals surface area contributed by atoms with Crippen molar-refractivity contribution in [3.8, 4) is 0 Å². The summed E-state index contributed by atoms with van der Waals surface area (Å²) in [5.41, 5.74) is 0. The molecule has 1 aromatic rings. The van der Waals surface area contributed by atoms with Gasteiger partial charge in [0, 0.05) is 25.6 Å². The lowest BCUT2D eigenvalue weighted by molar-refractivity contribution is -0.137. The van der Waals surface area contributed by atoms with Gasteiger partial charge in [-0.15, -0.1) is 11.3 Å². The van der Waals surface area contributed by atoms with Crippen LogP contribution in [0.5, 0.6) is 0 Å². The highest BCUT2D eigenvalue weighted by Gasteiger charge is 2.07. The lowest BCUT2D eigenvalue weighted by Crippen LogP contribution is -1.95. The van der Waals surface area contributed by atoms with E-state index in [1.807, 2.05) is 5.38 Å². The second kappa shape index (κ2) is 5.12. The first kappa shape index (κ1) is 11.2. The number of hydrogen-bond donors (Lipinski definition) is 1. The third-order valence-corrected chi connectivity index (χ3v) is 5.23. The Morgan fingerprint density at radius 2 is 2.23 bits per heavy atom. The largest absolute Gasteiger partial charge is 0.481 e. The van der Waals surface area contributed by atoms with Gasteiger partial charge in [0.15, 0.2) is 0 Å². The number of halogens is 2. The van der Waals surface area contributed by atoms with E-state index in [-0.39, 0.29) is 6.42 Å². The molecule has 1 rings (SSSR count). The van der Waals surface area contributed by atoms with Crippen LogP contribution >= 0.6 is 43.2 Å². The first-order chi connectivity index (χ1) is 6.11. The molecule has 0 amide bonds. The first-order valence-corrected chi connectivity index (χ1v) is 6.21. The zero-order valence-electron chi connectivity index (χ0n) is 6.72. The van der Waals surface area contributed by atoms with Gasteiger partial charge in [0.2, 0.25) is 0 Å². The molecule has 5 heteroatoms. The normalized spacial score (nSPS) is 10.3. The van der Waals surface area contributed by atoms with E-state index in [1.54, 1.807) is 11.3 Å². The Kier molecular flexibility index (Phi) is 4.41. The number of hydrogen-bond acceptors (Lipinski definition) is 2. The molecule has 1 aromatic heterocycles. The van der Waals surface area contributed by atoms with Crippen LogP contribution in [0.4, 0.5) is 0 Å². The van der Waals surface area contributed by atoms with Gasteiger partial charge in [-0.25, -0.2) is 0 Å². The Bertz CT molecular complexity index is 309. The number of carboxylic acids is 1. The summed E-state index contributed by atoms with van der Waals surface area (Å²) >= 11 is 8.46. The highest BCUT2D eigenvalue weighted by atomic mass is 79.9. The zero-order chi connectivity index (χ0) is 9.84. The summed E-state index contributed by atoms with van der Waals surface area (Å²) in [5.74, 6) is -0.730. The van der Waals surface area contributed by atoms with Crippen molar-refractivity contribution in [1.29, 1.82) is 0 Å². The molecule has 0 saturated carbocycles. The van der Waals surface area contributed by atoms with E-state index in [1.165, 1.54) is 4.88 Å². The smallest absolute Gasteiger partial charge is 0.303 e. The number of thiophene rings is 1. The van der Waals surface area contributed by atoms with Crippen molar-refractivity contribution in [3.63, 3.8) is 0 Å². The average Bonchev–Trinajstić information content (AvgIpc) is 2.35. The monoisotopic (exact) mass is 326 g/mol. The van der Waals surface area contributed by atoms with Crippen LogP contribution in [0, 0.1) is 0 Å². The summed E-state index contributed by atoms with van der Waals surface area (Å²) < 4.78 is 2.10. The molecular formula is C8H8Br2O2S. The van der Waals surface area contributed by atoms with E-state index in [4.69, 9.17) is 5.11 Å². The van der Waals surface area contributed by atoms with Gasteiger partial charge in [-0.3, -0.25) is 4.79 Å². The fourth-order valence-electron chi connectivity index (χ4n) is 0.928. The lowest BCUT2D eigenvalue weighted by Gasteiger charge is -1.96. The van der Waals surface area contributed by atoms with Crippen molar-refractivity contribution >= 4 is 49.2 Å². The van der Waals surface area contributed by atoms with E-state index in [9.17, 15) is 4.79 Å². The SMILES string of the molecule is O=C(O)CCCc1scc(Br)c1Br. The van der Waals surface area contributed by atoms with E-state index < -0.39 is 5.97 Å². The van der Waals surface area contributed by atoms with Crippen LogP contribution in [0.25, 0.3) is 0 Å². The van der Waals surface area contributed by atoms with Crippen molar-refractivity contribution in [2.45, 2.75) is 19.3 Å². The van der Waals surface area contributed by atoms with Crippen molar-refractivity contribution in [3.05, 3.63) is 19.2 Å². The number of aliphatic carboxylic acids is 1. The number of aryl methyl sites for hydroxylation is 1. The topological polar surface area (TPSA) is 37.3 Å². The maximum atomic E-state index is 10.3. The Balaban J connectivity index is 2.45. The highest BCUT2D eigenvalue weighted by Crippen LogP contribution is 2.33. The zero-order valence-corrected chi connectivity index (χ0v) is 10.7. The molecule has 0 atom stereocenters. The molecule has 0 fully saturated rings. The predicted octanol–water partition coefficient (Wildman–Crippen LogP) is 3.68. The maximum Gasteiger partial charge on any atom is 0.303 e. The van der Waals surface area contributed by atoms with E-state index in [0.717, 1.165) is 15.4 Å². The predicted molar refractivity (Wildman–Crippen MR) is 60.3 cm³/mol. The molecule has 0 radical (unpaired) electrons. The summed E-state index contributed by atoms with van der Waals surface area (Å²) in [6.07, 6.45) is 1.76. The molecule has 1 N–H and O–H groups in total. The van der Waals surface area contributed by atoms with Crippen LogP contribution in [0.15, 0.2) is 14.3 Å².